The number of sulfonamides is 1. The summed E-state index contributed by atoms with van der Waals surface area (Å²) in [6.07, 6.45) is 3.78. The Kier molecular flexibility index (Phi) is 6.27. The molecule has 0 aliphatic carbocycles. The zero-order valence-electron chi connectivity index (χ0n) is 19.1. The summed E-state index contributed by atoms with van der Waals surface area (Å²) in [6.45, 7) is 1.03. The number of aromatic nitrogens is 2. The van der Waals surface area contributed by atoms with E-state index in [2.05, 4.69) is 15.5 Å². The highest BCUT2D eigenvalue weighted by atomic mass is 32.2. The van der Waals surface area contributed by atoms with Crippen LogP contribution in [0.2, 0.25) is 0 Å². The van der Waals surface area contributed by atoms with E-state index in [9.17, 15) is 13.2 Å². The molecule has 1 amide bonds. The van der Waals surface area contributed by atoms with E-state index in [-0.39, 0.29) is 22.4 Å². The van der Waals surface area contributed by atoms with Gasteiger partial charge in [-0.1, -0.05) is 30.1 Å². The standard InChI is InChI=1S/C24H24N4O6S/c1-32-19-8-6-7-17-15-20(33-21(17)19)23-26-27-24(34-23)25-22(29)16-9-11-18(12-10-16)35(30,31)28-13-4-2-3-5-14-28/h6-12,15H,2-5,13-14H2,1H3,(H,25,27,29). The summed E-state index contributed by atoms with van der Waals surface area (Å²) < 4.78 is 44.0. The summed E-state index contributed by atoms with van der Waals surface area (Å²) in [6, 6.07) is 12.9. The van der Waals surface area contributed by atoms with Crippen LogP contribution in [0.4, 0.5) is 6.01 Å². The molecular formula is C24H24N4O6S. The molecule has 3 heterocycles. The number of benzene rings is 2. The lowest BCUT2D eigenvalue weighted by Gasteiger charge is -2.19. The average molecular weight is 497 g/mol. The minimum Gasteiger partial charge on any atom is -0.493 e. The number of nitrogens with one attached hydrogen (secondary N) is 1. The van der Waals surface area contributed by atoms with E-state index < -0.39 is 15.9 Å². The van der Waals surface area contributed by atoms with Crippen molar-refractivity contribution in [1.29, 1.82) is 0 Å². The maximum atomic E-state index is 12.9. The van der Waals surface area contributed by atoms with Crippen molar-refractivity contribution in [3.05, 3.63) is 54.1 Å². The zero-order chi connectivity index (χ0) is 24.4. The topological polar surface area (TPSA) is 128 Å². The third-order valence-electron chi connectivity index (χ3n) is 5.90. The fraction of sp³-hybridized carbons (Fsp3) is 0.292. The van der Waals surface area contributed by atoms with Crippen molar-refractivity contribution in [3.8, 4) is 17.4 Å². The number of carbonyl (C=O) groups is 1. The molecule has 1 N–H and O–H groups in total. The first-order chi connectivity index (χ1) is 17.0. The number of fused-ring (bicyclic) bond motifs is 1. The number of hydrogen-bond donors (Lipinski definition) is 1. The minimum atomic E-state index is -3.59. The van der Waals surface area contributed by atoms with Gasteiger partial charge in [-0.2, -0.15) is 4.31 Å². The van der Waals surface area contributed by atoms with Crippen LogP contribution in [0.5, 0.6) is 5.75 Å². The fourth-order valence-electron chi connectivity index (χ4n) is 4.05. The number of amides is 1. The van der Waals surface area contributed by atoms with Gasteiger partial charge in [0.2, 0.25) is 10.0 Å². The SMILES string of the molecule is COc1cccc2cc(-c3nnc(NC(=O)c4ccc(S(=O)(=O)N5CCCCCC5)cc4)o3)oc12. The van der Waals surface area contributed by atoms with Crippen molar-refractivity contribution in [2.24, 2.45) is 0 Å². The van der Waals surface area contributed by atoms with Crippen molar-refractivity contribution >= 4 is 32.9 Å². The summed E-state index contributed by atoms with van der Waals surface area (Å²) in [5.41, 5.74) is 0.803. The smallest absolute Gasteiger partial charge is 0.322 e. The van der Waals surface area contributed by atoms with Crippen LogP contribution in [0.25, 0.3) is 22.6 Å². The van der Waals surface area contributed by atoms with Gasteiger partial charge in [0, 0.05) is 24.0 Å². The molecule has 182 valence electrons. The molecule has 4 aromatic rings. The number of ether oxygens (including phenoxy) is 1. The number of methoxy groups -OCH3 is 1. The van der Waals surface area contributed by atoms with Gasteiger partial charge >= 0.3 is 6.01 Å². The first kappa shape index (κ1) is 23.1. The molecule has 0 saturated carbocycles. The molecule has 10 nitrogen and oxygen atoms in total. The molecule has 2 aromatic carbocycles. The molecule has 1 fully saturated rings. The Morgan fingerprint density at radius 1 is 1.00 bits per heavy atom. The Morgan fingerprint density at radius 2 is 1.74 bits per heavy atom. The molecule has 0 unspecified atom stereocenters. The molecule has 0 radical (unpaired) electrons. The predicted octanol–water partition coefficient (Wildman–Crippen LogP) is 4.31. The monoisotopic (exact) mass is 496 g/mol. The Labute approximate surface area is 201 Å². The maximum Gasteiger partial charge on any atom is 0.322 e. The van der Waals surface area contributed by atoms with Gasteiger partial charge in [-0.15, -0.1) is 5.10 Å². The van der Waals surface area contributed by atoms with Crippen molar-refractivity contribution < 1.29 is 26.8 Å². The Bertz CT molecular complexity index is 1450. The molecule has 5 rings (SSSR count). The molecule has 2 aromatic heterocycles. The second kappa shape index (κ2) is 9.51. The molecule has 11 heteroatoms. The summed E-state index contributed by atoms with van der Waals surface area (Å²) >= 11 is 0. The van der Waals surface area contributed by atoms with Gasteiger partial charge in [0.25, 0.3) is 11.8 Å². The van der Waals surface area contributed by atoms with E-state index in [1.807, 2.05) is 12.1 Å². The van der Waals surface area contributed by atoms with Gasteiger partial charge in [-0.3, -0.25) is 10.1 Å². The highest BCUT2D eigenvalue weighted by Gasteiger charge is 2.25. The van der Waals surface area contributed by atoms with E-state index >= 15 is 0 Å². The van der Waals surface area contributed by atoms with Crippen LogP contribution in [0.3, 0.4) is 0 Å². The van der Waals surface area contributed by atoms with Crippen molar-refractivity contribution in [2.45, 2.75) is 30.6 Å². The van der Waals surface area contributed by atoms with Crippen molar-refractivity contribution in [1.82, 2.24) is 14.5 Å². The Balaban J connectivity index is 1.29. The molecule has 0 atom stereocenters. The van der Waals surface area contributed by atoms with Gasteiger partial charge in [0.15, 0.2) is 17.1 Å². The van der Waals surface area contributed by atoms with E-state index in [4.69, 9.17) is 13.6 Å². The number of rotatable bonds is 6. The number of nitrogens with zero attached hydrogens (tertiary/aromatic N) is 3. The van der Waals surface area contributed by atoms with Crippen LogP contribution >= 0.6 is 0 Å². The summed E-state index contributed by atoms with van der Waals surface area (Å²) in [5.74, 6) is 0.492. The van der Waals surface area contributed by atoms with Crippen LogP contribution in [0.15, 0.2) is 62.3 Å². The number of furan rings is 1. The van der Waals surface area contributed by atoms with Crippen LogP contribution in [0.1, 0.15) is 36.0 Å². The number of anilines is 1. The van der Waals surface area contributed by atoms with E-state index in [1.54, 1.807) is 19.2 Å². The summed E-state index contributed by atoms with van der Waals surface area (Å²) in [4.78, 5) is 12.8. The van der Waals surface area contributed by atoms with Crippen LogP contribution in [-0.2, 0) is 10.0 Å². The van der Waals surface area contributed by atoms with Gasteiger partial charge in [-0.25, -0.2) is 8.42 Å². The minimum absolute atomic E-state index is 0.0949. The van der Waals surface area contributed by atoms with E-state index in [0.717, 1.165) is 31.1 Å². The largest absolute Gasteiger partial charge is 0.493 e. The lowest BCUT2D eigenvalue weighted by atomic mass is 10.2. The fourth-order valence-corrected chi connectivity index (χ4v) is 5.57. The Hall–Kier alpha value is -3.70. The van der Waals surface area contributed by atoms with Gasteiger partial charge in [-0.05, 0) is 49.2 Å². The first-order valence-corrected chi connectivity index (χ1v) is 12.7. The number of para-hydroxylation sites is 1. The third-order valence-corrected chi connectivity index (χ3v) is 7.82. The zero-order valence-corrected chi connectivity index (χ0v) is 19.9. The quantitative estimate of drug-likeness (QED) is 0.418. The van der Waals surface area contributed by atoms with Crippen LogP contribution in [-0.4, -0.2) is 49.0 Å². The lowest BCUT2D eigenvalue weighted by Crippen LogP contribution is -2.31. The second-order valence-electron chi connectivity index (χ2n) is 8.20. The van der Waals surface area contributed by atoms with Crippen molar-refractivity contribution in [2.75, 3.05) is 25.5 Å². The molecule has 0 bridgehead atoms. The molecule has 35 heavy (non-hydrogen) atoms. The molecule has 0 spiro atoms. The highest BCUT2D eigenvalue weighted by molar-refractivity contribution is 7.89. The molecule has 1 aliphatic heterocycles. The normalized spacial score (nSPS) is 15.1. The summed E-state index contributed by atoms with van der Waals surface area (Å²) in [5, 5.41) is 11.1. The summed E-state index contributed by atoms with van der Waals surface area (Å²) in [7, 11) is -2.04. The predicted molar refractivity (Wildman–Crippen MR) is 128 cm³/mol. The maximum absolute atomic E-state index is 12.9. The molecule has 1 saturated heterocycles. The number of carbonyl (C=O) groups excluding carboxylic acids is 1. The highest BCUT2D eigenvalue weighted by Crippen LogP contribution is 2.33. The van der Waals surface area contributed by atoms with Crippen LogP contribution < -0.4 is 10.1 Å². The number of hydrogen-bond acceptors (Lipinski definition) is 8. The Morgan fingerprint density at radius 3 is 2.46 bits per heavy atom. The van der Waals surface area contributed by atoms with E-state index in [0.29, 0.717) is 30.2 Å². The van der Waals surface area contributed by atoms with Crippen LogP contribution in [0, 0.1) is 0 Å². The van der Waals surface area contributed by atoms with E-state index in [1.165, 1.54) is 28.6 Å². The van der Waals surface area contributed by atoms with Crippen molar-refractivity contribution in [3.63, 3.8) is 0 Å². The van der Waals surface area contributed by atoms with Gasteiger partial charge in [0.1, 0.15) is 0 Å². The first-order valence-electron chi connectivity index (χ1n) is 11.3. The van der Waals surface area contributed by atoms with Gasteiger partial charge < -0.3 is 13.6 Å². The average Bonchev–Trinajstić information content (AvgIpc) is 3.42. The van der Waals surface area contributed by atoms with Gasteiger partial charge in [0.05, 0.1) is 12.0 Å². The second-order valence-corrected chi connectivity index (χ2v) is 10.1. The lowest BCUT2D eigenvalue weighted by molar-refractivity contribution is 0.102. The molecular weight excluding hydrogens is 472 g/mol. The third kappa shape index (κ3) is 4.64. The molecule has 1 aliphatic rings.